The highest BCUT2D eigenvalue weighted by molar-refractivity contribution is 6.35. The first-order valence-corrected chi connectivity index (χ1v) is 9.56. The molecule has 1 heterocycles. The Morgan fingerprint density at radius 1 is 1.15 bits per heavy atom. The zero-order valence-electron chi connectivity index (χ0n) is 14.8. The van der Waals surface area contributed by atoms with E-state index >= 15 is 0 Å². The normalized spacial score (nSPS) is 22.6. The van der Waals surface area contributed by atoms with Crippen LogP contribution >= 0.6 is 11.6 Å². The van der Waals surface area contributed by atoms with Crippen molar-refractivity contribution in [2.45, 2.75) is 38.3 Å². The summed E-state index contributed by atoms with van der Waals surface area (Å²) in [5.41, 5.74) is 2.01. The van der Waals surface area contributed by atoms with Gasteiger partial charge in [-0.1, -0.05) is 31.2 Å². The molecule has 7 heteroatoms. The average Bonchev–Trinajstić information content (AvgIpc) is 2.98. The maximum atomic E-state index is 12.5. The minimum atomic E-state index is -0.609. The number of rotatable bonds is 3. The number of likely N-dealkylation sites (tertiary alicyclic amines) is 1. The second kappa shape index (κ2) is 8.08. The van der Waals surface area contributed by atoms with Crippen molar-refractivity contribution in [2.75, 3.05) is 19.0 Å². The van der Waals surface area contributed by atoms with Gasteiger partial charge in [-0.05, 0) is 36.3 Å². The number of carbonyl (C=O) groups is 3. The molecule has 140 valence electrons. The highest BCUT2D eigenvalue weighted by Gasteiger charge is 2.36. The summed E-state index contributed by atoms with van der Waals surface area (Å²) in [4.78, 5) is 38.4. The number of alkyl halides is 1. The van der Waals surface area contributed by atoms with Crippen LogP contribution in [0.2, 0.25) is 0 Å². The topological polar surface area (TPSA) is 78.5 Å². The van der Waals surface area contributed by atoms with E-state index in [0.717, 1.165) is 24.0 Å². The molecule has 0 saturated carbocycles. The van der Waals surface area contributed by atoms with E-state index in [1.807, 2.05) is 24.3 Å². The Balaban J connectivity index is 1.68. The van der Waals surface area contributed by atoms with E-state index in [1.54, 1.807) is 4.90 Å². The fourth-order valence-electron chi connectivity index (χ4n) is 3.71. The average molecular weight is 378 g/mol. The van der Waals surface area contributed by atoms with E-state index < -0.39 is 11.8 Å². The van der Waals surface area contributed by atoms with Crippen LogP contribution in [-0.4, -0.2) is 47.6 Å². The fourth-order valence-corrected chi connectivity index (χ4v) is 3.78. The van der Waals surface area contributed by atoms with Crippen molar-refractivity contribution in [3.05, 3.63) is 35.4 Å². The van der Waals surface area contributed by atoms with Crippen molar-refractivity contribution in [3.63, 3.8) is 0 Å². The summed E-state index contributed by atoms with van der Waals surface area (Å²) in [6, 6.07) is 6.96. The molecular formula is C19H24ClN3O3. The fraction of sp³-hybridized carbons (Fsp3) is 0.526. The summed E-state index contributed by atoms with van der Waals surface area (Å²) in [5.74, 6) is -0.965. The summed E-state index contributed by atoms with van der Waals surface area (Å²) < 4.78 is 0. The molecule has 2 aliphatic rings. The second-order valence-corrected chi connectivity index (χ2v) is 7.40. The molecule has 1 aliphatic heterocycles. The molecule has 2 N–H and O–H groups in total. The van der Waals surface area contributed by atoms with E-state index in [-0.39, 0.29) is 23.9 Å². The Bertz CT molecular complexity index is 701. The van der Waals surface area contributed by atoms with Crippen LogP contribution < -0.4 is 10.6 Å². The quantitative estimate of drug-likeness (QED) is 0.617. The van der Waals surface area contributed by atoms with E-state index in [0.29, 0.717) is 25.4 Å². The van der Waals surface area contributed by atoms with Gasteiger partial charge in [-0.2, -0.15) is 0 Å². The van der Waals surface area contributed by atoms with Crippen molar-refractivity contribution in [1.29, 1.82) is 0 Å². The Labute approximate surface area is 158 Å². The number of benzene rings is 1. The Morgan fingerprint density at radius 2 is 1.85 bits per heavy atom. The molecule has 0 radical (unpaired) electrons. The van der Waals surface area contributed by atoms with E-state index in [9.17, 15) is 14.4 Å². The molecule has 0 bridgehead atoms. The van der Waals surface area contributed by atoms with Gasteiger partial charge < -0.3 is 15.5 Å². The van der Waals surface area contributed by atoms with Crippen molar-refractivity contribution in [1.82, 2.24) is 15.5 Å². The molecule has 1 saturated heterocycles. The lowest BCUT2D eigenvalue weighted by Gasteiger charge is -2.30. The van der Waals surface area contributed by atoms with Gasteiger partial charge in [0.05, 0.1) is 12.1 Å². The van der Waals surface area contributed by atoms with Crippen LogP contribution in [0.15, 0.2) is 24.3 Å². The van der Waals surface area contributed by atoms with E-state index in [1.165, 1.54) is 0 Å². The third-order valence-electron chi connectivity index (χ3n) is 5.25. The van der Waals surface area contributed by atoms with Gasteiger partial charge in [0, 0.05) is 13.1 Å². The number of piperidine rings is 1. The van der Waals surface area contributed by atoms with Crippen molar-refractivity contribution >= 4 is 29.3 Å². The molecule has 1 aliphatic carbocycles. The number of halogens is 1. The molecule has 26 heavy (non-hydrogen) atoms. The molecule has 0 spiro atoms. The van der Waals surface area contributed by atoms with Crippen LogP contribution in [0.25, 0.3) is 0 Å². The molecule has 0 aromatic heterocycles. The number of nitrogens with one attached hydrogen (secondary N) is 2. The third-order valence-corrected chi connectivity index (χ3v) is 5.49. The Hall–Kier alpha value is -2.08. The molecule has 1 fully saturated rings. The minimum Gasteiger partial charge on any atom is -0.346 e. The first kappa shape index (κ1) is 18.7. The van der Waals surface area contributed by atoms with Gasteiger partial charge in [0.15, 0.2) is 0 Å². The monoisotopic (exact) mass is 377 g/mol. The van der Waals surface area contributed by atoms with Gasteiger partial charge in [0.1, 0.15) is 5.88 Å². The first-order valence-electron chi connectivity index (χ1n) is 9.02. The molecule has 6 nitrogen and oxygen atoms in total. The molecule has 1 aromatic rings. The second-order valence-electron chi connectivity index (χ2n) is 7.14. The first-order chi connectivity index (χ1) is 12.5. The lowest BCUT2D eigenvalue weighted by molar-refractivity contribution is -0.147. The van der Waals surface area contributed by atoms with Gasteiger partial charge >= 0.3 is 11.8 Å². The number of fused-ring (bicyclic) bond motifs is 1. The predicted octanol–water partition coefficient (Wildman–Crippen LogP) is 1.38. The highest BCUT2D eigenvalue weighted by atomic mass is 35.5. The maximum Gasteiger partial charge on any atom is 0.311 e. The number of amides is 3. The largest absolute Gasteiger partial charge is 0.346 e. The number of hydrogen-bond donors (Lipinski definition) is 2. The predicted molar refractivity (Wildman–Crippen MR) is 98.7 cm³/mol. The third kappa shape index (κ3) is 4.01. The van der Waals surface area contributed by atoms with Crippen molar-refractivity contribution in [3.8, 4) is 0 Å². The molecular weight excluding hydrogens is 354 g/mol. The number of nitrogens with zero attached hydrogens (tertiary/aromatic N) is 1. The Morgan fingerprint density at radius 3 is 2.54 bits per heavy atom. The van der Waals surface area contributed by atoms with E-state index in [4.69, 9.17) is 11.6 Å². The van der Waals surface area contributed by atoms with Gasteiger partial charge in [0.2, 0.25) is 5.91 Å². The zero-order chi connectivity index (χ0) is 18.7. The van der Waals surface area contributed by atoms with Crippen LogP contribution in [-0.2, 0) is 20.8 Å². The summed E-state index contributed by atoms with van der Waals surface area (Å²) in [6.07, 6.45) is 2.41. The number of carbonyl (C=O) groups excluding carboxylic acids is 3. The van der Waals surface area contributed by atoms with Gasteiger partial charge in [-0.15, -0.1) is 11.6 Å². The summed E-state index contributed by atoms with van der Waals surface area (Å²) >= 11 is 5.61. The molecule has 1 aromatic carbocycles. The Kier molecular flexibility index (Phi) is 5.81. The summed E-state index contributed by atoms with van der Waals surface area (Å²) in [7, 11) is 0. The van der Waals surface area contributed by atoms with Crippen LogP contribution in [0.1, 0.15) is 36.9 Å². The zero-order valence-corrected chi connectivity index (χ0v) is 15.6. The smallest absolute Gasteiger partial charge is 0.311 e. The van der Waals surface area contributed by atoms with Crippen molar-refractivity contribution in [2.24, 2.45) is 5.92 Å². The lowest BCUT2D eigenvalue weighted by atomic mass is 9.99. The molecule has 0 unspecified atom stereocenters. The highest BCUT2D eigenvalue weighted by Crippen LogP contribution is 2.31. The number of hydrogen-bond acceptors (Lipinski definition) is 3. The van der Waals surface area contributed by atoms with Crippen LogP contribution in [0.5, 0.6) is 0 Å². The SMILES string of the molecule is CC1CCN(C(=O)C(=O)N[C@@H]2Cc3ccccc3[C@H]2NC(=O)CCl)CC1. The van der Waals surface area contributed by atoms with E-state index in [2.05, 4.69) is 17.6 Å². The van der Waals surface area contributed by atoms with Gasteiger partial charge in [0.25, 0.3) is 0 Å². The van der Waals surface area contributed by atoms with Crippen LogP contribution in [0.4, 0.5) is 0 Å². The maximum absolute atomic E-state index is 12.5. The lowest BCUT2D eigenvalue weighted by Crippen LogP contribution is -2.51. The van der Waals surface area contributed by atoms with Gasteiger partial charge in [-0.25, -0.2) is 0 Å². The van der Waals surface area contributed by atoms with Gasteiger partial charge in [-0.3, -0.25) is 14.4 Å². The van der Waals surface area contributed by atoms with Crippen LogP contribution in [0, 0.1) is 5.92 Å². The van der Waals surface area contributed by atoms with Crippen LogP contribution in [0.3, 0.4) is 0 Å². The minimum absolute atomic E-state index is 0.149. The molecule has 2 atom stereocenters. The summed E-state index contributed by atoms with van der Waals surface area (Å²) in [6.45, 7) is 3.39. The molecule has 3 amide bonds. The molecule has 3 rings (SSSR count). The van der Waals surface area contributed by atoms with Crippen molar-refractivity contribution < 1.29 is 14.4 Å². The summed E-state index contributed by atoms with van der Waals surface area (Å²) in [5, 5.41) is 5.68. The standard InChI is InChI=1S/C19H24ClN3O3/c1-12-6-8-23(9-7-12)19(26)18(25)21-15-10-13-4-2-3-5-14(13)17(15)22-16(24)11-20/h2-5,12,15,17H,6-11H2,1H3,(H,21,25)(H,22,24)/t15-,17-/m1/s1.